The van der Waals surface area contributed by atoms with Gasteiger partial charge in [-0.1, -0.05) is 36.9 Å². The summed E-state index contributed by atoms with van der Waals surface area (Å²) < 4.78 is 0. The summed E-state index contributed by atoms with van der Waals surface area (Å²) in [6, 6.07) is 14.0. The first-order valence-corrected chi connectivity index (χ1v) is 8.97. The van der Waals surface area contributed by atoms with E-state index in [1.54, 1.807) is 48.5 Å². The summed E-state index contributed by atoms with van der Waals surface area (Å²) in [6.07, 6.45) is 5.73. The second-order valence-electron chi connectivity index (χ2n) is 6.35. The third-order valence-corrected chi connectivity index (χ3v) is 4.67. The molecule has 25 heavy (non-hydrogen) atoms. The standard InChI is InChI=1S/C20H21ClN2O2/c21-16-6-4-5-15(13-16)20(25)23-18-11-9-14(10-12-18)19(24)22-17-7-2-1-3-8-17/h4-6,9-13,17H,1-3,7-8H2,(H,22,24)(H,23,25). The van der Waals surface area contributed by atoms with E-state index < -0.39 is 0 Å². The van der Waals surface area contributed by atoms with Crippen LogP contribution >= 0.6 is 11.6 Å². The van der Waals surface area contributed by atoms with Gasteiger partial charge in [-0.25, -0.2) is 0 Å². The summed E-state index contributed by atoms with van der Waals surface area (Å²) in [5.74, 6) is -0.290. The number of nitrogens with one attached hydrogen (secondary N) is 2. The van der Waals surface area contributed by atoms with E-state index in [0.717, 1.165) is 12.8 Å². The second-order valence-corrected chi connectivity index (χ2v) is 6.79. The lowest BCUT2D eigenvalue weighted by Gasteiger charge is -2.22. The van der Waals surface area contributed by atoms with Crippen LogP contribution in [0.3, 0.4) is 0 Å². The molecule has 0 heterocycles. The normalized spacial score (nSPS) is 14.8. The maximum Gasteiger partial charge on any atom is 0.255 e. The average Bonchev–Trinajstić information content (AvgIpc) is 2.63. The summed E-state index contributed by atoms with van der Waals surface area (Å²) >= 11 is 5.90. The molecule has 1 aliphatic carbocycles. The molecule has 2 aromatic carbocycles. The van der Waals surface area contributed by atoms with E-state index in [4.69, 9.17) is 11.6 Å². The molecule has 4 nitrogen and oxygen atoms in total. The fourth-order valence-corrected chi connectivity index (χ4v) is 3.24. The molecule has 1 fully saturated rings. The van der Waals surface area contributed by atoms with Gasteiger partial charge in [-0.15, -0.1) is 0 Å². The highest BCUT2D eigenvalue weighted by molar-refractivity contribution is 6.31. The smallest absolute Gasteiger partial charge is 0.255 e. The maximum atomic E-state index is 12.3. The Morgan fingerprint density at radius 1 is 0.880 bits per heavy atom. The van der Waals surface area contributed by atoms with E-state index in [9.17, 15) is 9.59 Å². The van der Waals surface area contributed by atoms with E-state index in [1.165, 1.54) is 19.3 Å². The molecule has 0 unspecified atom stereocenters. The van der Waals surface area contributed by atoms with Crippen molar-refractivity contribution in [2.75, 3.05) is 5.32 Å². The predicted octanol–water partition coefficient (Wildman–Crippen LogP) is 4.65. The zero-order chi connectivity index (χ0) is 17.6. The Morgan fingerprint density at radius 3 is 2.28 bits per heavy atom. The molecule has 2 amide bonds. The van der Waals surface area contributed by atoms with Crippen molar-refractivity contribution in [2.45, 2.75) is 38.1 Å². The molecule has 0 radical (unpaired) electrons. The van der Waals surface area contributed by atoms with E-state index in [2.05, 4.69) is 10.6 Å². The molecule has 0 aliphatic heterocycles. The number of carbonyl (C=O) groups is 2. The minimum absolute atomic E-state index is 0.0559. The number of anilines is 1. The van der Waals surface area contributed by atoms with Gasteiger partial charge in [-0.3, -0.25) is 9.59 Å². The number of hydrogen-bond acceptors (Lipinski definition) is 2. The Hall–Kier alpha value is -2.33. The summed E-state index contributed by atoms with van der Waals surface area (Å²) in [4.78, 5) is 24.5. The first kappa shape index (κ1) is 17.5. The van der Waals surface area contributed by atoms with Gasteiger partial charge in [0.05, 0.1) is 0 Å². The first-order chi connectivity index (χ1) is 12.1. The van der Waals surface area contributed by atoms with Gasteiger partial charge >= 0.3 is 0 Å². The van der Waals surface area contributed by atoms with Crippen LogP contribution in [0.5, 0.6) is 0 Å². The minimum atomic E-state index is -0.234. The van der Waals surface area contributed by atoms with Crippen LogP contribution < -0.4 is 10.6 Å². The van der Waals surface area contributed by atoms with E-state index in [0.29, 0.717) is 21.8 Å². The van der Waals surface area contributed by atoms with E-state index >= 15 is 0 Å². The third-order valence-electron chi connectivity index (χ3n) is 4.43. The van der Waals surface area contributed by atoms with Gasteiger partial charge < -0.3 is 10.6 Å². The summed E-state index contributed by atoms with van der Waals surface area (Å²) in [5, 5.41) is 6.41. The van der Waals surface area contributed by atoms with Gasteiger partial charge in [0, 0.05) is 27.9 Å². The van der Waals surface area contributed by atoms with Gasteiger partial charge in [-0.2, -0.15) is 0 Å². The van der Waals surface area contributed by atoms with E-state index in [1.807, 2.05) is 0 Å². The van der Waals surface area contributed by atoms with Crippen molar-refractivity contribution in [1.82, 2.24) is 5.32 Å². The van der Waals surface area contributed by atoms with E-state index in [-0.39, 0.29) is 17.9 Å². The number of rotatable bonds is 4. The topological polar surface area (TPSA) is 58.2 Å². The van der Waals surface area contributed by atoms with Gasteiger partial charge in [-0.05, 0) is 55.3 Å². The van der Waals surface area contributed by atoms with Crippen molar-refractivity contribution < 1.29 is 9.59 Å². The molecule has 1 saturated carbocycles. The van der Waals surface area contributed by atoms with Crippen LogP contribution in [0.4, 0.5) is 5.69 Å². The molecule has 5 heteroatoms. The largest absolute Gasteiger partial charge is 0.349 e. The molecular weight excluding hydrogens is 336 g/mol. The highest BCUT2D eigenvalue weighted by atomic mass is 35.5. The molecule has 130 valence electrons. The zero-order valence-corrected chi connectivity index (χ0v) is 14.7. The molecule has 3 rings (SSSR count). The fourth-order valence-electron chi connectivity index (χ4n) is 3.05. The summed E-state index contributed by atoms with van der Waals surface area (Å²) in [7, 11) is 0. The molecule has 1 aliphatic rings. The molecule has 2 N–H and O–H groups in total. The third kappa shape index (κ3) is 4.83. The lowest BCUT2D eigenvalue weighted by molar-refractivity contribution is 0.0927. The van der Waals surface area contributed by atoms with Crippen molar-refractivity contribution in [2.24, 2.45) is 0 Å². The van der Waals surface area contributed by atoms with Crippen LogP contribution in [-0.4, -0.2) is 17.9 Å². The second kappa shape index (κ2) is 8.17. The van der Waals surface area contributed by atoms with Gasteiger partial charge in [0.25, 0.3) is 11.8 Å². The van der Waals surface area contributed by atoms with Gasteiger partial charge in [0.2, 0.25) is 0 Å². The number of benzene rings is 2. The Labute approximate surface area is 152 Å². The Morgan fingerprint density at radius 2 is 1.60 bits per heavy atom. The number of amides is 2. The molecule has 0 spiro atoms. The van der Waals surface area contributed by atoms with Crippen LogP contribution in [0.2, 0.25) is 5.02 Å². The quantitative estimate of drug-likeness (QED) is 0.837. The van der Waals surface area contributed by atoms with Crippen LogP contribution in [0.1, 0.15) is 52.8 Å². The summed E-state index contributed by atoms with van der Waals surface area (Å²) in [5.41, 5.74) is 1.73. The Kier molecular flexibility index (Phi) is 5.71. The molecule has 0 aromatic heterocycles. The molecular formula is C20H21ClN2O2. The van der Waals surface area contributed by atoms with Crippen molar-refractivity contribution in [3.8, 4) is 0 Å². The van der Waals surface area contributed by atoms with Gasteiger partial charge in [0.15, 0.2) is 0 Å². The predicted molar refractivity (Wildman–Crippen MR) is 100 cm³/mol. The highest BCUT2D eigenvalue weighted by Gasteiger charge is 2.16. The summed E-state index contributed by atoms with van der Waals surface area (Å²) in [6.45, 7) is 0. The first-order valence-electron chi connectivity index (χ1n) is 8.60. The van der Waals surface area contributed by atoms with Crippen molar-refractivity contribution in [3.63, 3.8) is 0 Å². The average molecular weight is 357 g/mol. The van der Waals surface area contributed by atoms with Crippen LogP contribution in [-0.2, 0) is 0 Å². The van der Waals surface area contributed by atoms with Crippen molar-refractivity contribution in [1.29, 1.82) is 0 Å². The zero-order valence-electron chi connectivity index (χ0n) is 13.9. The molecule has 0 saturated heterocycles. The van der Waals surface area contributed by atoms with Crippen molar-refractivity contribution >= 4 is 29.1 Å². The highest BCUT2D eigenvalue weighted by Crippen LogP contribution is 2.18. The Balaban J connectivity index is 1.59. The number of halogens is 1. The monoisotopic (exact) mass is 356 g/mol. The number of carbonyl (C=O) groups excluding carboxylic acids is 2. The van der Waals surface area contributed by atoms with Crippen LogP contribution in [0, 0.1) is 0 Å². The molecule has 0 atom stereocenters. The van der Waals surface area contributed by atoms with Crippen LogP contribution in [0.25, 0.3) is 0 Å². The van der Waals surface area contributed by atoms with Crippen LogP contribution in [0.15, 0.2) is 48.5 Å². The van der Waals surface area contributed by atoms with Gasteiger partial charge in [0.1, 0.15) is 0 Å². The lowest BCUT2D eigenvalue weighted by atomic mass is 9.95. The molecule has 2 aromatic rings. The maximum absolute atomic E-state index is 12.3. The SMILES string of the molecule is O=C(Nc1ccc(C(=O)NC2CCCCC2)cc1)c1cccc(Cl)c1. The minimum Gasteiger partial charge on any atom is -0.349 e. The molecule has 0 bridgehead atoms. The van der Waals surface area contributed by atoms with Crippen molar-refractivity contribution in [3.05, 3.63) is 64.7 Å². The lowest BCUT2D eigenvalue weighted by Crippen LogP contribution is -2.36. The fraction of sp³-hybridized carbons (Fsp3) is 0.300. The Bertz CT molecular complexity index is 753. The number of hydrogen-bond donors (Lipinski definition) is 2.